The van der Waals surface area contributed by atoms with Crippen molar-refractivity contribution in [1.82, 2.24) is 4.98 Å². The molecule has 132 valence electrons. The lowest BCUT2D eigenvalue weighted by molar-refractivity contribution is -0.140. The van der Waals surface area contributed by atoms with E-state index in [1.54, 1.807) is 26.0 Å². The molecule has 2 aromatic rings. The third kappa shape index (κ3) is 4.47. The van der Waals surface area contributed by atoms with Gasteiger partial charge in [-0.1, -0.05) is 0 Å². The van der Waals surface area contributed by atoms with E-state index in [0.29, 0.717) is 26.3 Å². The molecule has 7 heteroatoms. The van der Waals surface area contributed by atoms with Crippen LogP contribution in [0.1, 0.15) is 51.7 Å². The fraction of sp³-hybridized carbons (Fsp3) is 0.278. The molecule has 6 nitrogen and oxygen atoms in total. The van der Waals surface area contributed by atoms with E-state index >= 15 is 0 Å². The highest BCUT2D eigenvalue weighted by Crippen LogP contribution is 2.20. The summed E-state index contributed by atoms with van der Waals surface area (Å²) in [7, 11) is 0. The zero-order valence-electron chi connectivity index (χ0n) is 14.3. The molecule has 0 saturated heterocycles. The molecule has 0 aliphatic heterocycles. The first kappa shape index (κ1) is 19.2. The van der Waals surface area contributed by atoms with E-state index in [4.69, 9.17) is 9.15 Å². The van der Waals surface area contributed by atoms with Crippen molar-refractivity contribution in [1.29, 1.82) is 0 Å². The first-order chi connectivity index (χ1) is 11.7. The molecule has 0 amide bonds. The van der Waals surface area contributed by atoms with E-state index in [9.17, 15) is 14.4 Å². The van der Waals surface area contributed by atoms with Crippen molar-refractivity contribution >= 4 is 46.2 Å². The minimum absolute atomic E-state index is 0.119. The molecule has 0 spiro atoms. The Kier molecular flexibility index (Phi) is 5.99. The van der Waals surface area contributed by atoms with Crippen molar-refractivity contribution in [2.45, 2.75) is 33.8 Å². The monoisotopic (exact) mass is 455 g/mol. The van der Waals surface area contributed by atoms with Gasteiger partial charge in [-0.25, -0.2) is 4.79 Å². The van der Waals surface area contributed by atoms with Crippen molar-refractivity contribution < 1.29 is 23.5 Å². The van der Waals surface area contributed by atoms with Crippen LogP contribution in [-0.4, -0.2) is 28.6 Å². The van der Waals surface area contributed by atoms with Gasteiger partial charge in [0.15, 0.2) is 15.7 Å². The Bertz CT molecular complexity index is 859. The lowest BCUT2D eigenvalue weighted by Gasteiger charge is -2.10. The summed E-state index contributed by atoms with van der Waals surface area (Å²) in [4.78, 5) is 38.9. The number of halogens is 1. The van der Waals surface area contributed by atoms with Gasteiger partial charge in [0, 0.05) is 17.3 Å². The number of H-pyrrole nitrogens is 1. The average Bonchev–Trinajstić information content (AvgIpc) is 3.07. The number of ether oxygens (including phenoxy) is 1. The quantitative estimate of drug-likeness (QED) is 0.309. The summed E-state index contributed by atoms with van der Waals surface area (Å²) in [5.74, 6) is -0.643. The molecule has 0 aliphatic rings. The second-order valence-corrected chi connectivity index (χ2v) is 6.66. The van der Waals surface area contributed by atoms with Crippen LogP contribution >= 0.6 is 22.6 Å². The number of carbonyl (C=O) groups excluding carboxylic acids is 3. The van der Waals surface area contributed by atoms with Crippen molar-refractivity contribution in [3.05, 3.63) is 50.3 Å². The Hall–Kier alpha value is -2.16. The highest BCUT2D eigenvalue weighted by molar-refractivity contribution is 14.1. The number of aryl methyl sites for hydroxylation is 1. The van der Waals surface area contributed by atoms with Gasteiger partial charge in [-0.2, -0.15) is 0 Å². The summed E-state index contributed by atoms with van der Waals surface area (Å²) in [6.07, 6.45) is 1.69. The predicted molar refractivity (Wildman–Crippen MR) is 101 cm³/mol. The third-order valence-corrected chi connectivity index (χ3v) is 4.26. The van der Waals surface area contributed by atoms with Crippen LogP contribution in [0.3, 0.4) is 0 Å². The van der Waals surface area contributed by atoms with E-state index < -0.39 is 12.1 Å². The summed E-state index contributed by atoms with van der Waals surface area (Å²) >= 11 is 2.02. The van der Waals surface area contributed by atoms with E-state index in [1.165, 1.54) is 26.0 Å². The first-order valence-electron chi connectivity index (χ1n) is 7.59. The second kappa shape index (κ2) is 7.81. The minimum Gasteiger partial charge on any atom is -0.451 e. The van der Waals surface area contributed by atoms with Crippen LogP contribution in [0.15, 0.2) is 22.6 Å². The standard InChI is InChI=1S/C18H18INO5/c1-9-16(11(3)21)10(2)20-17(9)18(23)12(4)24-15(22)8-6-13-5-7-14(19)25-13/h5-8,12,20H,1-4H3/b8-6+. The lowest BCUT2D eigenvalue weighted by Crippen LogP contribution is -2.24. The average molecular weight is 455 g/mol. The van der Waals surface area contributed by atoms with Crippen molar-refractivity contribution in [3.63, 3.8) is 0 Å². The normalized spacial score (nSPS) is 12.4. The fourth-order valence-corrected chi connectivity index (χ4v) is 3.00. The molecule has 0 fully saturated rings. The van der Waals surface area contributed by atoms with E-state index in [-0.39, 0.29) is 17.3 Å². The summed E-state index contributed by atoms with van der Waals surface area (Å²) in [5, 5.41) is 0. The number of hydrogen-bond acceptors (Lipinski definition) is 5. The van der Waals surface area contributed by atoms with Gasteiger partial charge in [-0.05, 0) is 74.1 Å². The van der Waals surface area contributed by atoms with E-state index in [2.05, 4.69) is 4.98 Å². The molecule has 2 aromatic heterocycles. The van der Waals surface area contributed by atoms with Gasteiger partial charge in [0.25, 0.3) is 0 Å². The van der Waals surface area contributed by atoms with Crippen LogP contribution in [0.4, 0.5) is 0 Å². The number of aromatic nitrogens is 1. The van der Waals surface area contributed by atoms with Gasteiger partial charge in [0.1, 0.15) is 5.76 Å². The van der Waals surface area contributed by atoms with Crippen LogP contribution in [0.5, 0.6) is 0 Å². The first-order valence-corrected chi connectivity index (χ1v) is 8.67. The smallest absolute Gasteiger partial charge is 0.331 e. The highest BCUT2D eigenvalue weighted by atomic mass is 127. The maximum atomic E-state index is 12.5. The molecule has 1 atom stereocenters. The van der Waals surface area contributed by atoms with Gasteiger partial charge in [-0.3, -0.25) is 9.59 Å². The van der Waals surface area contributed by atoms with Crippen molar-refractivity contribution in [3.8, 4) is 0 Å². The highest BCUT2D eigenvalue weighted by Gasteiger charge is 2.25. The Balaban J connectivity index is 2.07. The molecule has 25 heavy (non-hydrogen) atoms. The van der Waals surface area contributed by atoms with Crippen LogP contribution in [0.2, 0.25) is 0 Å². The van der Waals surface area contributed by atoms with Crippen molar-refractivity contribution in [2.75, 3.05) is 0 Å². The maximum absolute atomic E-state index is 12.5. The molecule has 2 rings (SSSR count). The van der Waals surface area contributed by atoms with Gasteiger partial charge in [0.05, 0.1) is 5.69 Å². The second-order valence-electron chi connectivity index (χ2n) is 5.60. The molecule has 1 N–H and O–H groups in total. The largest absolute Gasteiger partial charge is 0.451 e. The zero-order chi connectivity index (χ0) is 18.7. The molecule has 1 unspecified atom stereocenters. The topological polar surface area (TPSA) is 89.4 Å². The number of rotatable bonds is 6. The Morgan fingerprint density at radius 2 is 1.96 bits per heavy atom. The van der Waals surface area contributed by atoms with Crippen LogP contribution in [0, 0.1) is 17.6 Å². The van der Waals surface area contributed by atoms with E-state index in [0.717, 1.165) is 0 Å². The number of carbonyl (C=O) groups is 3. The number of nitrogens with one attached hydrogen (secondary N) is 1. The number of aromatic amines is 1. The number of hydrogen-bond donors (Lipinski definition) is 1. The number of furan rings is 1. The molecular weight excluding hydrogens is 437 g/mol. The molecule has 0 bridgehead atoms. The molecule has 0 aliphatic carbocycles. The van der Waals surface area contributed by atoms with Gasteiger partial charge in [-0.15, -0.1) is 0 Å². The fourth-order valence-electron chi connectivity index (χ4n) is 2.56. The SMILES string of the molecule is CC(=O)c1c(C)[nH]c(C(=O)C(C)OC(=O)/C=C/c2ccc(I)o2)c1C. The molecular formula is C18H18INO5. The summed E-state index contributed by atoms with van der Waals surface area (Å²) in [5.41, 5.74) is 1.97. The predicted octanol–water partition coefficient (Wildman–Crippen LogP) is 3.86. The third-order valence-electron chi connectivity index (χ3n) is 3.68. The number of Topliss-reactive ketones (excluding diaryl/α,β-unsaturated/α-hetero) is 2. The Morgan fingerprint density at radius 1 is 1.28 bits per heavy atom. The number of esters is 1. The van der Waals surface area contributed by atoms with Crippen LogP contribution in [-0.2, 0) is 9.53 Å². The minimum atomic E-state index is -0.981. The molecule has 0 aromatic carbocycles. The van der Waals surface area contributed by atoms with Crippen molar-refractivity contribution in [2.24, 2.45) is 0 Å². The van der Waals surface area contributed by atoms with E-state index in [1.807, 2.05) is 22.6 Å². The summed E-state index contributed by atoms with van der Waals surface area (Å²) in [6.45, 7) is 6.36. The van der Waals surface area contributed by atoms with Gasteiger partial charge >= 0.3 is 5.97 Å². The Labute approximate surface area is 158 Å². The number of ketones is 2. The molecule has 2 heterocycles. The summed E-state index contributed by atoms with van der Waals surface area (Å²) < 4.78 is 11.1. The zero-order valence-corrected chi connectivity index (χ0v) is 16.5. The molecule has 0 radical (unpaired) electrons. The maximum Gasteiger partial charge on any atom is 0.331 e. The van der Waals surface area contributed by atoms with Gasteiger partial charge in [0.2, 0.25) is 5.78 Å². The van der Waals surface area contributed by atoms with Gasteiger partial charge < -0.3 is 14.1 Å². The molecule has 0 saturated carbocycles. The van der Waals surface area contributed by atoms with Crippen LogP contribution < -0.4 is 0 Å². The van der Waals surface area contributed by atoms with Crippen LogP contribution in [0.25, 0.3) is 6.08 Å². The Morgan fingerprint density at radius 3 is 2.48 bits per heavy atom. The summed E-state index contributed by atoms with van der Waals surface area (Å²) in [6, 6.07) is 3.48. The lowest BCUT2D eigenvalue weighted by atomic mass is 10.0.